The van der Waals surface area contributed by atoms with Crippen LogP contribution in [0.3, 0.4) is 0 Å². The van der Waals surface area contributed by atoms with Gasteiger partial charge in [-0.05, 0) is 6.92 Å². The first-order valence-electron chi connectivity index (χ1n) is 3.70. The molecule has 12 heavy (non-hydrogen) atoms. The fourth-order valence-corrected chi connectivity index (χ4v) is 2.04. The first kappa shape index (κ1) is 9.25. The Labute approximate surface area is 72.1 Å². The van der Waals surface area contributed by atoms with E-state index < -0.39 is 9.84 Å². The number of aromatic nitrogens is 2. The normalized spacial score (nSPS) is 11.9. The first-order chi connectivity index (χ1) is 5.49. The molecule has 0 atom stereocenters. The Morgan fingerprint density at radius 3 is 2.50 bits per heavy atom. The standard InChI is InChI=1S/C7H12N2O2S/c1-4-12(10,11)7-5-8-9(3)6(7)2/h5H,4H2,1-3H3. The van der Waals surface area contributed by atoms with Crippen molar-refractivity contribution in [3.8, 4) is 0 Å². The molecule has 0 spiro atoms. The second-order valence-corrected chi connectivity index (χ2v) is 4.87. The van der Waals surface area contributed by atoms with Crippen LogP contribution < -0.4 is 0 Å². The molecule has 1 aromatic rings. The summed E-state index contributed by atoms with van der Waals surface area (Å²) in [5.41, 5.74) is 0.692. The molecule has 1 heterocycles. The fourth-order valence-electron chi connectivity index (χ4n) is 0.939. The van der Waals surface area contributed by atoms with Crippen molar-refractivity contribution in [3.63, 3.8) is 0 Å². The lowest BCUT2D eigenvalue weighted by Gasteiger charge is -1.98. The predicted octanol–water partition coefficient (Wildman–Crippen LogP) is 0.522. The molecule has 0 saturated carbocycles. The van der Waals surface area contributed by atoms with E-state index in [1.54, 1.807) is 25.6 Å². The monoisotopic (exact) mass is 188 g/mol. The van der Waals surface area contributed by atoms with Gasteiger partial charge in [0.25, 0.3) is 0 Å². The van der Waals surface area contributed by atoms with Gasteiger partial charge in [-0.3, -0.25) is 4.68 Å². The number of hydrogen-bond acceptors (Lipinski definition) is 3. The van der Waals surface area contributed by atoms with Crippen molar-refractivity contribution >= 4 is 9.84 Å². The van der Waals surface area contributed by atoms with E-state index in [2.05, 4.69) is 5.10 Å². The van der Waals surface area contributed by atoms with E-state index in [1.165, 1.54) is 6.20 Å². The van der Waals surface area contributed by atoms with Gasteiger partial charge in [0.05, 0.1) is 17.6 Å². The van der Waals surface area contributed by atoms with Crippen molar-refractivity contribution in [2.45, 2.75) is 18.7 Å². The zero-order valence-electron chi connectivity index (χ0n) is 7.40. The van der Waals surface area contributed by atoms with E-state index in [4.69, 9.17) is 0 Å². The van der Waals surface area contributed by atoms with Crippen molar-refractivity contribution < 1.29 is 8.42 Å². The Morgan fingerprint density at radius 1 is 1.58 bits per heavy atom. The molecule has 0 saturated heterocycles. The summed E-state index contributed by atoms with van der Waals surface area (Å²) in [5.74, 6) is 0.125. The van der Waals surface area contributed by atoms with Gasteiger partial charge in [0.1, 0.15) is 4.90 Å². The van der Waals surface area contributed by atoms with Crippen molar-refractivity contribution in [1.29, 1.82) is 0 Å². The molecular formula is C7H12N2O2S. The summed E-state index contributed by atoms with van der Waals surface area (Å²) >= 11 is 0. The number of sulfone groups is 1. The number of hydrogen-bond donors (Lipinski definition) is 0. The van der Waals surface area contributed by atoms with Gasteiger partial charge in [0.2, 0.25) is 0 Å². The molecule has 0 amide bonds. The lowest BCUT2D eigenvalue weighted by atomic mass is 10.5. The molecule has 0 aliphatic rings. The van der Waals surface area contributed by atoms with Crippen molar-refractivity contribution in [3.05, 3.63) is 11.9 Å². The largest absolute Gasteiger partial charge is 0.272 e. The van der Waals surface area contributed by atoms with Crippen LogP contribution in [0.25, 0.3) is 0 Å². The van der Waals surface area contributed by atoms with Crippen LogP contribution in [0.15, 0.2) is 11.1 Å². The summed E-state index contributed by atoms with van der Waals surface area (Å²) in [4.78, 5) is 0.340. The van der Waals surface area contributed by atoms with Crippen LogP contribution >= 0.6 is 0 Å². The molecule has 0 fully saturated rings. The molecule has 1 rings (SSSR count). The lowest BCUT2D eigenvalue weighted by Crippen LogP contribution is -2.05. The highest BCUT2D eigenvalue weighted by Gasteiger charge is 2.17. The molecule has 1 aromatic heterocycles. The van der Waals surface area contributed by atoms with Crippen LogP contribution in [-0.4, -0.2) is 24.0 Å². The van der Waals surface area contributed by atoms with Crippen molar-refractivity contribution in [1.82, 2.24) is 9.78 Å². The summed E-state index contributed by atoms with van der Waals surface area (Å²) in [7, 11) is -1.37. The highest BCUT2D eigenvalue weighted by Crippen LogP contribution is 2.14. The van der Waals surface area contributed by atoms with Crippen LogP contribution in [0.1, 0.15) is 12.6 Å². The van der Waals surface area contributed by atoms with Gasteiger partial charge < -0.3 is 0 Å². The molecule has 0 N–H and O–H groups in total. The second-order valence-electron chi connectivity index (χ2n) is 2.62. The maximum absolute atomic E-state index is 11.4. The van der Waals surface area contributed by atoms with E-state index in [1.807, 2.05) is 0 Å². The number of nitrogens with zero attached hydrogens (tertiary/aromatic N) is 2. The van der Waals surface area contributed by atoms with Crippen LogP contribution in [0.5, 0.6) is 0 Å². The Bertz CT molecular complexity index is 378. The van der Waals surface area contributed by atoms with Crippen LogP contribution in [0, 0.1) is 6.92 Å². The zero-order chi connectivity index (χ0) is 9.35. The molecule has 0 aliphatic carbocycles. The quantitative estimate of drug-likeness (QED) is 0.680. The van der Waals surface area contributed by atoms with Crippen LogP contribution in [0.2, 0.25) is 0 Å². The summed E-state index contributed by atoms with van der Waals surface area (Å²) in [6.07, 6.45) is 1.40. The minimum Gasteiger partial charge on any atom is -0.272 e. The van der Waals surface area contributed by atoms with Crippen molar-refractivity contribution in [2.75, 3.05) is 5.75 Å². The summed E-state index contributed by atoms with van der Waals surface area (Å²) in [5, 5.41) is 3.87. The maximum atomic E-state index is 11.4. The Hall–Kier alpha value is -0.840. The van der Waals surface area contributed by atoms with Gasteiger partial charge in [-0.15, -0.1) is 0 Å². The molecule has 0 bridgehead atoms. The van der Waals surface area contributed by atoms with E-state index in [0.29, 0.717) is 10.6 Å². The molecule has 0 unspecified atom stereocenters. The fraction of sp³-hybridized carbons (Fsp3) is 0.571. The number of aryl methyl sites for hydroxylation is 1. The molecule has 0 aliphatic heterocycles. The molecule has 5 heteroatoms. The van der Waals surface area contributed by atoms with Gasteiger partial charge in [-0.25, -0.2) is 8.42 Å². The van der Waals surface area contributed by atoms with Gasteiger partial charge in [0, 0.05) is 7.05 Å². The molecule has 0 radical (unpaired) electrons. The average Bonchev–Trinajstić information content (AvgIpc) is 2.33. The molecule has 68 valence electrons. The SMILES string of the molecule is CCS(=O)(=O)c1cnn(C)c1C. The van der Waals surface area contributed by atoms with Gasteiger partial charge in [0.15, 0.2) is 9.84 Å². The highest BCUT2D eigenvalue weighted by molar-refractivity contribution is 7.91. The predicted molar refractivity (Wildman–Crippen MR) is 45.7 cm³/mol. The lowest BCUT2D eigenvalue weighted by molar-refractivity contribution is 0.596. The Kier molecular flexibility index (Phi) is 2.23. The third-order valence-corrected chi connectivity index (χ3v) is 3.74. The van der Waals surface area contributed by atoms with E-state index in [0.717, 1.165) is 0 Å². The molecule has 0 aromatic carbocycles. The van der Waals surface area contributed by atoms with E-state index >= 15 is 0 Å². The van der Waals surface area contributed by atoms with E-state index in [9.17, 15) is 8.42 Å². The third kappa shape index (κ3) is 1.36. The van der Waals surface area contributed by atoms with Gasteiger partial charge in [-0.2, -0.15) is 5.10 Å². The Morgan fingerprint density at radius 2 is 2.17 bits per heavy atom. The van der Waals surface area contributed by atoms with Crippen LogP contribution in [0.4, 0.5) is 0 Å². The summed E-state index contributed by atoms with van der Waals surface area (Å²) in [6.45, 7) is 3.37. The minimum atomic E-state index is -3.09. The maximum Gasteiger partial charge on any atom is 0.181 e. The van der Waals surface area contributed by atoms with Gasteiger partial charge >= 0.3 is 0 Å². The summed E-state index contributed by atoms with van der Waals surface area (Å²) in [6, 6.07) is 0. The van der Waals surface area contributed by atoms with Gasteiger partial charge in [-0.1, -0.05) is 6.92 Å². The average molecular weight is 188 g/mol. The van der Waals surface area contributed by atoms with E-state index in [-0.39, 0.29) is 5.75 Å². The first-order valence-corrected chi connectivity index (χ1v) is 5.35. The summed E-state index contributed by atoms with van der Waals surface area (Å²) < 4.78 is 24.3. The highest BCUT2D eigenvalue weighted by atomic mass is 32.2. The smallest absolute Gasteiger partial charge is 0.181 e. The Balaban J connectivity index is 3.30. The third-order valence-electron chi connectivity index (χ3n) is 1.91. The zero-order valence-corrected chi connectivity index (χ0v) is 8.22. The second kappa shape index (κ2) is 2.90. The molecular weight excluding hydrogens is 176 g/mol. The topological polar surface area (TPSA) is 52.0 Å². The minimum absolute atomic E-state index is 0.125. The van der Waals surface area contributed by atoms with Crippen LogP contribution in [-0.2, 0) is 16.9 Å². The molecule has 4 nitrogen and oxygen atoms in total. The number of rotatable bonds is 2. The van der Waals surface area contributed by atoms with Crippen molar-refractivity contribution in [2.24, 2.45) is 7.05 Å².